The Kier molecular flexibility index (Phi) is 35.2. The van der Waals surface area contributed by atoms with Crippen LogP contribution in [0.1, 0.15) is 77.5 Å². The number of carbonyl (C=O) groups is 7. The Balaban J connectivity index is 0.000000164. The Morgan fingerprint density at radius 2 is 0.783 bits per heavy atom. The SMILES string of the molecule is FCC(NCc1ccccc1)C1CCN(Cc2ccccc2)C1.NC(CF)C1CCNC1.O=C(CBr)C1CC(=O)N(Cc2ccccc2)C1.O=C(CF)C1CC(=O)N(Cc2ccccc2)C1.O=C(O)C1CC(=O)N(Cc2ccccc2)C1.O=C1CC(C(CF)NCc2ccccc2)CN1Cc1ccccc1. The summed E-state index contributed by atoms with van der Waals surface area (Å²) in [5.74, 6) is -1.53. The van der Waals surface area contributed by atoms with Gasteiger partial charge in [0.15, 0.2) is 5.78 Å². The van der Waals surface area contributed by atoms with E-state index < -0.39 is 36.9 Å². The molecular weight excluding hydrogens is 1420 g/mol. The number of aliphatic carboxylic acids is 1. The topological polar surface area (TPSA) is 218 Å². The van der Waals surface area contributed by atoms with Crippen LogP contribution in [0.5, 0.6) is 0 Å². The van der Waals surface area contributed by atoms with Gasteiger partial charge in [-0.1, -0.05) is 228 Å². The number of carboxylic acids is 1. The number of nitrogens with two attached hydrogens (primary N) is 1. The van der Waals surface area contributed by atoms with Gasteiger partial charge >= 0.3 is 5.97 Å². The molecule has 0 saturated carbocycles. The second kappa shape index (κ2) is 45.0. The van der Waals surface area contributed by atoms with Crippen LogP contribution in [0, 0.1) is 35.5 Å². The van der Waals surface area contributed by atoms with E-state index in [9.17, 15) is 51.1 Å². The summed E-state index contributed by atoms with van der Waals surface area (Å²) in [6, 6.07) is 69.1. The molecule has 7 aromatic rings. The van der Waals surface area contributed by atoms with Crippen LogP contribution < -0.4 is 21.7 Å². The predicted octanol–water partition coefficient (Wildman–Crippen LogP) is 11.4. The van der Waals surface area contributed by atoms with Crippen molar-refractivity contribution >= 4 is 57.1 Å². The smallest absolute Gasteiger partial charge is 0.308 e. The van der Waals surface area contributed by atoms with Gasteiger partial charge in [0.25, 0.3) is 0 Å². The number of ketones is 2. The molecule has 0 radical (unpaired) electrons. The summed E-state index contributed by atoms with van der Waals surface area (Å²) in [6.45, 7) is 8.20. The molecule has 0 aliphatic carbocycles. The summed E-state index contributed by atoms with van der Waals surface area (Å²) in [4.78, 5) is 90.0. The number of hydrogen-bond donors (Lipinski definition) is 5. The highest BCUT2D eigenvalue weighted by atomic mass is 79.9. The van der Waals surface area contributed by atoms with Gasteiger partial charge in [0.05, 0.1) is 11.2 Å². The van der Waals surface area contributed by atoms with E-state index in [1.807, 2.05) is 181 Å². The summed E-state index contributed by atoms with van der Waals surface area (Å²) in [5, 5.41) is 19.0. The third kappa shape index (κ3) is 27.5. The lowest BCUT2D eigenvalue weighted by molar-refractivity contribution is -0.141. The highest BCUT2D eigenvalue weighted by Gasteiger charge is 2.38. The Morgan fingerprint density at radius 1 is 0.434 bits per heavy atom. The molecule has 0 aromatic heterocycles. The van der Waals surface area contributed by atoms with Crippen molar-refractivity contribution in [2.75, 3.05) is 84.4 Å². The first kappa shape index (κ1) is 82.9. The molecule has 0 bridgehead atoms. The maximum Gasteiger partial charge on any atom is 0.308 e. The van der Waals surface area contributed by atoms with Crippen molar-refractivity contribution in [1.29, 1.82) is 0 Å². The van der Waals surface area contributed by atoms with Crippen LogP contribution in [0.15, 0.2) is 212 Å². The number of carbonyl (C=O) groups excluding carboxylic acids is 6. The lowest BCUT2D eigenvalue weighted by atomic mass is 9.99. The standard InChI is InChI=1S/C20H23FN2O.C20H25FN2.C13H14BrNO2.C13H14FNO2.C12H13NO3.C6H13FN2/c21-12-19(22-13-16-7-3-1-4-8-16)18-11-20(24)23(15-18)14-17-9-5-2-6-10-17;21-13-20(22-14-17-7-3-1-4-8-17)19-11-12-23(16-19)15-18-9-5-2-6-10-18;2*14-7-12(16)11-6-13(17)15(9-11)8-10-4-2-1-3-5-10;14-11-6-10(12(15)16)8-13(11)7-9-4-2-1-3-5-9;7-3-6(8)5-1-2-9-4-5/h1-10,18-19,22H,11-15H2;1-10,19-20,22H,11-16H2;2*1-5,11H,6-9H2;1-5,10H,6-8H2,(H,15,16);5-6,9H,1-4,8H2. The number of carboxylic acid groups (broad SMARTS) is 1. The van der Waals surface area contributed by atoms with Crippen LogP contribution in [0.25, 0.3) is 0 Å². The number of alkyl halides is 5. The number of halogens is 5. The predicted molar refractivity (Wildman–Crippen MR) is 408 cm³/mol. The number of rotatable bonds is 27. The highest BCUT2D eigenvalue weighted by Crippen LogP contribution is 2.27. The molecule has 0 spiro atoms. The number of nitrogens with one attached hydrogen (secondary N) is 3. The molecule has 22 heteroatoms. The Bertz CT molecular complexity index is 3670. The molecule has 6 heterocycles. The minimum atomic E-state index is -0.975. The van der Waals surface area contributed by atoms with Crippen molar-refractivity contribution in [3.05, 3.63) is 251 Å². The van der Waals surface area contributed by atoms with Crippen molar-refractivity contribution in [3.8, 4) is 0 Å². The fourth-order valence-electron chi connectivity index (χ4n) is 13.8. The number of benzene rings is 7. The largest absolute Gasteiger partial charge is 0.481 e. The second-order valence-electron chi connectivity index (χ2n) is 27.8. The molecule has 6 saturated heterocycles. The Labute approximate surface area is 629 Å². The molecule has 17 nitrogen and oxygen atoms in total. The molecule has 6 aliphatic rings. The van der Waals surface area contributed by atoms with Gasteiger partial charge in [-0.25, -0.2) is 17.6 Å². The van der Waals surface area contributed by atoms with Gasteiger partial charge in [0.2, 0.25) is 23.6 Å². The Hall–Kier alpha value is -8.77. The van der Waals surface area contributed by atoms with Gasteiger partial charge in [0, 0.05) is 140 Å². The molecule has 566 valence electrons. The van der Waals surface area contributed by atoms with Crippen molar-refractivity contribution in [2.24, 2.45) is 41.2 Å². The zero-order valence-electron chi connectivity index (χ0n) is 60.3. The number of likely N-dealkylation sites (tertiary alicyclic amines) is 5. The van der Waals surface area contributed by atoms with E-state index in [1.54, 1.807) is 14.7 Å². The fraction of sp³-hybridized carbons (Fsp3) is 0.417. The first-order chi connectivity index (χ1) is 51.5. The van der Waals surface area contributed by atoms with Crippen LogP contribution in [-0.4, -0.2) is 173 Å². The van der Waals surface area contributed by atoms with E-state index in [0.717, 1.165) is 79.9 Å². The molecule has 9 unspecified atom stereocenters. The van der Waals surface area contributed by atoms with Crippen molar-refractivity contribution in [1.82, 2.24) is 40.4 Å². The van der Waals surface area contributed by atoms with Gasteiger partial charge in [0.1, 0.15) is 32.5 Å². The minimum Gasteiger partial charge on any atom is -0.481 e. The van der Waals surface area contributed by atoms with E-state index in [0.29, 0.717) is 88.9 Å². The molecule has 6 N–H and O–H groups in total. The second-order valence-corrected chi connectivity index (χ2v) is 28.4. The first-order valence-electron chi connectivity index (χ1n) is 36.6. The van der Waals surface area contributed by atoms with Crippen LogP contribution >= 0.6 is 15.9 Å². The third-order valence-corrected chi connectivity index (χ3v) is 20.6. The van der Waals surface area contributed by atoms with Crippen LogP contribution in [0.2, 0.25) is 0 Å². The molecule has 13 rings (SSSR count). The van der Waals surface area contributed by atoms with Gasteiger partial charge < -0.3 is 46.4 Å². The Morgan fingerprint density at radius 3 is 1.13 bits per heavy atom. The first-order valence-corrected chi connectivity index (χ1v) is 37.8. The lowest BCUT2D eigenvalue weighted by Gasteiger charge is -2.23. The van der Waals surface area contributed by atoms with Crippen LogP contribution in [0.4, 0.5) is 17.6 Å². The lowest BCUT2D eigenvalue weighted by Crippen LogP contribution is -2.39. The zero-order valence-corrected chi connectivity index (χ0v) is 61.9. The summed E-state index contributed by atoms with van der Waals surface area (Å²) < 4.78 is 51.1. The van der Waals surface area contributed by atoms with Crippen molar-refractivity contribution in [3.63, 3.8) is 0 Å². The van der Waals surface area contributed by atoms with Gasteiger partial charge in [-0.05, 0) is 83.3 Å². The molecule has 9 atom stereocenters. The van der Waals surface area contributed by atoms with Crippen molar-refractivity contribution in [2.45, 2.75) is 102 Å². The van der Waals surface area contributed by atoms with E-state index in [-0.39, 0.29) is 85.6 Å². The average Bonchev–Trinajstić information content (AvgIpc) is 1.72. The number of amides is 4. The van der Waals surface area contributed by atoms with E-state index in [2.05, 4.69) is 73.2 Å². The molecule has 6 aliphatic heterocycles. The summed E-state index contributed by atoms with van der Waals surface area (Å²) in [7, 11) is 0. The van der Waals surface area contributed by atoms with Crippen molar-refractivity contribution < 1.29 is 56.2 Å². The zero-order chi connectivity index (χ0) is 75.4. The van der Waals surface area contributed by atoms with Crippen LogP contribution in [0.3, 0.4) is 0 Å². The maximum atomic E-state index is 13.5. The third-order valence-electron chi connectivity index (χ3n) is 20.0. The minimum absolute atomic E-state index is 0.0231. The quantitative estimate of drug-likeness (QED) is 0.0239. The molecule has 7 aromatic carbocycles. The summed E-state index contributed by atoms with van der Waals surface area (Å²) in [5.41, 5.74) is 13.4. The monoisotopic (exact) mass is 1520 g/mol. The number of hydrogen-bond acceptors (Lipinski definition) is 12. The van der Waals surface area contributed by atoms with Crippen LogP contribution in [-0.2, 0) is 79.4 Å². The van der Waals surface area contributed by atoms with Gasteiger partial charge in [-0.15, -0.1) is 0 Å². The average molecular weight is 1520 g/mol. The fourth-order valence-corrected chi connectivity index (χ4v) is 14.2. The van der Waals surface area contributed by atoms with Gasteiger partial charge in [-0.3, -0.25) is 38.5 Å². The van der Waals surface area contributed by atoms with Gasteiger partial charge in [-0.2, -0.15) is 0 Å². The highest BCUT2D eigenvalue weighted by molar-refractivity contribution is 9.09. The number of nitrogens with zero attached hydrogens (tertiary/aromatic N) is 5. The van der Waals surface area contributed by atoms with E-state index in [4.69, 9.17) is 10.8 Å². The maximum absolute atomic E-state index is 13.5. The molecule has 106 heavy (non-hydrogen) atoms. The van der Waals surface area contributed by atoms with E-state index >= 15 is 0 Å². The molecular formula is C84H102BrF4N9O8. The summed E-state index contributed by atoms with van der Waals surface area (Å²) in [6.07, 6.45) is 3.16. The normalized spacial score (nSPS) is 20.5. The summed E-state index contributed by atoms with van der Waals surface area (Å²) >= 11 is 3.15. The molecule has 6 fully saturated rings. The number of Topliss-reactive ketones (excluding diaryl/α,β-unsaturated/α-hetero) is 2. The molecule has 4 amide bonds. The van der Waals surface area contributed by atoms with E-state index in [1.165, 1.54) is 11.1 Å².